The molecule has 0 saturated heterocycles. The van der Waals surface area contributed by atoms with Crippen molar-refractivity contribution in [2.75, 3.05) is 0 Å². The number of rotatable bonds is 6. The van der Waals surface area contributed by atoms with E-state index in [2.05, 4.69) is 60.0 Å². The standard InChI is InChI=1S/C24H29N3O/c1-18-11-13-21(14-12-18)22(20-9-5-3-6-10-20)26-19(2)23(28)27-24(17-25)15-7-4-8-16-24/h3,5-6,9-14,19,22,26H,4,7-8,15-16H2,1-2H3,(H,27,28)/t19-,22+/m0/s1. The predicted molar refractivity (Wildman–Crippen MR) is 112 cm³/mol. The number of amides is 1. The van der Waals surface area contributed by atoms with Gasteiger partial charge in [0.2, 0.25) is 5.91 Å². The van der Waals surface area contributed by atoms with Crippen molar-refractivity contribution in [2.24, 2.45) is 0 Å². The molecule has 0 heterocycles. The van der Waals surface area contributed by atoms with Crippen LogP contribution in [0.1, 0.15) is 61.8 Å². The molecule has 2 aromatic carbocycles. The molecule has 0 aromatic heterocycles. The highest BCUT2D eigenvalue weighted by Crippen LogP contribution is 2.28. The lowest BCUT2D eigenvalue weighted by Crippen LogP contribution is -2.54. The average Bonchev–Trinajstić information content (AvgIpc) is 2.74. The molecule has 2 aromatic rings. The van der Waals surface area contributed by atoms with Gasteiger partial charge in [-0.1, -0.05) is 79.4 Å². The molecule has 3 rings (SSSR count). The topological polar surface area (TPSA) is 64.9 Å². The van der Waals surface area contributed by atoms with Crippen molar-refractivity contribution in [1.82, 2.24) is 10.6 Å². The number of aryl methyl sites for hydroxylation is 1. The van der Waals surface area contributed by atoms with E-state index in [-0.39, 0.29) is 11.9 Å². The number of hydrogen-bond donors (Lipinski definition) is 2. The maximum Gasteiger partial charge on any atom is 0.238 e. The van der Waals surface area contributed by atoms with Gasteiger partial charge in [-0.2, -0.15) is 5.26 Å². The third kappa shape index (κ3) is 4.79. The van der Waals surface area contributed by atoms with Gasteiger partial charge >= 0.3 is 0 Å². The van der Waals surface area contributed by atoms with E-state index in [1.165, 1.54) is 5.56 Å². The molecule has 0 bridgehead atoms. The largest absolute Gasteiger partial charge is 0.336 e. The van der Waals surface area contributed by atoms with Gasteiger partial charge in [0.1, 0.15) is 5.54 Å². The lowest BCUT2D eigenvalue weighted by Gasteiger charge is -2.33. The van der Waals surface area contributed by atoms with Gasteiger partial charge in [0.15, 0.2) is 0 Å². The van der Waals surface area contributed by atoms with Crippen molar-refractivity contribution in [3.63, 3.8) is 0 Å². The predicted octanol–water partition coefficient (Wildman–Crippen LogP) is 4.41. The molecule has 0 unspecified atom stereocenters. The van der Waals surface area contributed by atoms with Crippen LogP contribution in [0.2, 0.25) is 0 Å². The Bertz CT molecular complexity index is 817. The summed E-state index contributed by atoms with van der Waals surface area (Å²) < 4.78 is 0. The van der Waals surface area contributed by atoms with Gasteiger partial charge in [0, 0.05) is 0 Å². The molecule has 0 radical (unpaired) electrons. The van der Waals surface area contributed by atoms with Crippen molar-refractivity contribution >= 4 is 5.91 Å². The van der Waals surface area contributed by atoms with Gasteiger partial charge in [-0.3, -0.25) is 10.1 Å². The lowest BCUT2D eigenvalue weighted by molar-refractivity contribution is -0.124. The molecule has 1 fully saturated rings. The molecular formula is C24H29N3O. The van der Waals surface area contributed by atoms with Crippen LogP contribution >= 0.6 is 0 Å². The highest BCUT2D eigenvalue weighted by atomic mass is 16.2. The molecule has 4 heteroatoms. The van der Waals surface area contributed by atoms with Gasteiger partial charge in [-0.05, 0) is 37.8 Å². The Hall–Kier alpha value is -2.64. The lowest BCUT2D eigenvalue weighted by atomic mass is 9.82. The second kappa shape index (κ2) is 9.03. The van der Waals surface area contributed by atoms with E-state index in [1.807, 2.05) is 25.1 Å². The molecule has 0 aliphatic heterocycles. The fourth-order valence-electron chi connectivity index (χ4n) is 3.88. The molecule has 28 heavy (non-hydrogen) atoms. The number of nitrogens with zero attached hydrogens (tertiary/aromatic N) is 1. The Balaban J connectivity index is 1.77. The molecular weight excluding hydrogens is 346 g/mol. The van der Waals surface area contributed by atoms with Crippen molar-refractivity contribution in [1.29, 1.82) is 5.26 Å². The van der Waals surface area contributed by atoms with Gasteiger partial charge in [0.25, 0.3) is 0 Å². The van der Waals surface area contributed by atoms with E-state index in [9.17, 15) is 10.1 Å². The Kier molecular flexibility index (Phi) is 6.49. The van der Waals surface area contributed by atoms with Crippen LogP contribution in [0.15, 0.2) is 54.6 Å². The third-order valence-electron chi connectivity index (χ3n) is 5.64. The minimum Gasteiger partial charge on any atom is -0.336 e. The second-order valence-corrected chi connectivity index (χ2v) is 7.89. The Morgan fingerprint density at radius 1 is 1.00 bits per heavy atom. The summed E-state index contributed by atoms with van der Waals surface area (Å²) in [5, 5.41) is 16.2. The zero-order valence-corrected chi connectivity index (χ0v) is 16.7. The molecule has 2 N–H and O–H groups in total. The minimum atomic E-state index is -0.711. The fraction of sp³-hybridized carbons (Fsp3) is 0.417. The molecule has 1 aliphatic rings. The maximum atomic E-state index is 12.9. The van der Waals surface area contributed by atoms with Crippen LogP contribution in [0, 0.1) is 18.3 Å². The van der Waals surface area contributed by atoms with E-state index in [1.54, 1.807) is 0 Å². The maximum absolute atomic E-state index is 12.9. The summed E-state index contributed by atoms with van der Waals surface area (Å²) in [5.41, 5.74) is 2.72. The van der Waals surface area contributed by atoms with E-state index < -0.39 is 11.6 Å². The smallest absolute Gasteiger partial charge is 0.238 e. The van der Waals surface area contributed by atoms with Crippen molar-refractivity contribution < 1.29 is 4.79 Å². The number of hydrogen-bond acceptors (Lipinski definition) is 3. The summed E-state index contributed by atoms with van der Waals surface area (Å²) in [6.07, 6.45) is 4.60. The molecule has 1 saturated carbocycles. The first-order valence-corrected chi connectivity index (χ1v) is 10.1. The second-order valence-electron chi connectivity index (χ2n) is 7.89. The van der Waals surface area contributed by atoms with Crippen LogP contribution in [0.25, 0.3) is 0 Å². The Morgan fingerprint density at radius 2 is 1.61 bits per heavy atom. The molecule has 146 valence electrons. The van der Waals surface area contributed by atoms with E-state index in [0.29, 0.717) is 0 Å². The van der Waals surface area contributed by atoms with E-state index >= 15 is 0 Å². The monoisotopic (exact) mass is 375 g/mol. The summed E-state index contributed by atoms with van der Waals surface area (Å²) in [4.78, 5) is 12.9. The van der Waals surface area contributed by atoms with Crippen LogP contribution in [0.5, 0.6) is 0 Å². The number of benzene rings is 2. The van der Waals surface area contributed by atoms with Crippen LogP contribution in [-0.2, 0) is 4.79 Å². The van der Waals surface area contributed by atoms with Crippen LogP contribution in [0.4, 0.5) is 0 Å². The van der Waals surface area contributed by atoms with Crippen molar-refractivity contribution in [3.8, 4) is 6.07 Å². The minimum absolute atomic E-state index is 0.0908. The first-order valence-electron chi connectivity index (χ1n) is 10.1. The van der Waals surface area contributed by atoms with E-state index in [4.69, 9.17) is 0 Å². The van der Waals surface area contributed by atoms with Crippen molar-refractivity contribution in [3.05, 3.63) is 71.3 Å². The molecule has 2 atom stereocenters. The highest BCUT2D eigenvalue weighted by Gasteiger charge is 2.35. The number of nitriles is 1. The van der Waals surface area contributed by atoms with E-state index in [0.717, 1.165) is 43.2 Å². The van der Waals surface area contributed by atoms with Gasteiger partial charge in [0.05, 0.1) is 18.2 Å². The number of carbonyl (C=O) groups is 1. The first-order chi connectivity index (χ1) is 13.5. The molecule has 1 amide bonds. The summed E-state index contributed by atoms with van der Waals surface area (Å²) in [7, 11) is 0. The zero-order valence-electron chi connectivity index (χ0n) is 16.7. The third-order valence-corrected chi connectivity index (χ3v) is 5.64. The molecule has 4 nitrogen and oxygen atoms in total. The summed E-state index contributed by atoms with van der Waals surface area (Å²) in [6.45, 7) is 3.93. The number of carbonyl (C=O) groups excluding carboxylic acids is 1. The van der Waals surface area contributed by atoms with Gasteiger partial charge in [-0.15, -0.1) is 0 Å². The average molecular weight is 376 g/mol. The quantitative estimate of drug-likeness (QED) is 0.786. The van der Waals surface area contributed by atoms with Crippen LogP contribution < -0.4 is 10.6 Å². The first kappa shape index (κ1) is 20.1. The number of nitrogens with one attached hydrogen (secondary N) is 2. The molecule has 0 spiro atoms. The summed E-state index contributed by atoms with van der Waals surface area (Å²) in [5.74, 6) is -0.114. The Labute approximate surface area is 168 Å². The summed E-state index contributed by atoms with van der Waals surface area (Å²) in [6, 6.07) is 20.4. The fourth-order valence-corrected chi connectivity index (χ4v) is 3.88. The SMILES string of the molecule is Cc1ccc([C@H](N[C@@H](C)C(=O)NC2(C#N)CCCCC2)c2ccccc2)cc1. The van der Waals surface area contributed by atoms with Gasteiger partial charge in [-0.25, -0.2) is 0 Å². The molecule has 1 aliphatic carbocycles. The Morgan fingerprint density at radius 3 is 2.21 bits per heavy atom. The van der Waals surface area contributed by atoms with Gasteiger partial charge < -0.3 is 5.32 Å². The zero-order chi connectivity index (χ0) is 20.0. The summed E-state index contributed by atoms with van der Waals surface area (Å²) >= 11 is 0. The van der Waals surface area contributed by atoms with Crippen LogP contribution in [0.3, 0.4) is 0 Å². The normalized spacial score (nSPS) is 17.9. The van der Waals surface area contributed by atoms with Crippen molar-refractivity contribution in [2.45, 2.75) is 63.6 Å². The van der Waals surface area contributed by atoms with Crippen LogP contribution in [-0.4, -0.2) is 17.5 Å². The highest BCUT2D eigenvalue weighted by molar-refractivity contribution is 5.82.